The summed E-state index contributed by atoms with van der Waals surface area (Å²) >= 11 is 0. The molecule has 0 aliphatic carbocycles. The maximum atomic E-state index is 11.8. The van der Waals surface area contributed by atoms with Gasteiger partial charge in [0, 0.05) is 19.0 Å². The molecular formula is C9H16N6O3S. The van der Waals surface area contributed by atoms with Crippen molar-refractivity contribution in [3.05, 3.63) is 5.82 Å². The van der Waals surface area contributed by atoms with Crippen LogP contribution in [0.15, 0.2) is 0 Å². The Labute approximate surface area is 110 Å². The number of aromatic amines is 1. The van der Waals surface area contributed by atoms with Crippen LogP contribution in [-0.2, 0) is 14.6 Å². The van der Waals surface area contributed by atoms with Crippen LogP contribution >= 0.6 is 0 Å². The van der Waals surface area contributed by atoms with Crippen LogP contribution in [0.3, 0.4) is 0 Å². The van der Waals surface area contributed by atoms with Crippen LogP contribution in [0.2, 0.25) is 0 Å². The largest absolute Gasteiger partial charge is 0.346 e. The van der Waals surface area contributed by atoms with E-state index < -0.39 is 9.84 Å². The lowest BCUT2D eigenvalue weighted by Crippen LogP contribution is -2.47. The first-order valence-corrected chi connectivity index (χ1v) is 7.75. The van der Waals surface area contributed by atoms with Crippen molar-refractivity contribution in [1.29, 1.82) is 0 Å². The fourth-order valence-corrected chi connectivity index (χ4v) is 3.38. The molecule has 1 aliphatic rings. The first kappa shape index (κ1) is 13.9. The first-order chi connectivity index (χ1) is 8.96. The Hall–Kier alpha value is -1.55. The van der Waals surface area contributed by atoms with Gasteiger partial charge in [0.25, 0.3) is 0 Å². The lowest BCUT2D eigenvalue weighted by molar-refractivity contribution is -0.122. The summed E-state index contributed by atoms with van der Waals surface area (Å²) in [5.41, 5.74) is 0. The van der Waals surface area contributed by atoms with E-state index in [1.54, 1.807) is 6.92 Å². The van der Waals surface area contributed by atoms with E-state index in [-0.39, 0.29) is 35.9 Å². The summed E-state index contributed by atoms with van der Waals surface area (Å²) in [6.45, 7) is 2.12. The Bertz CT molecular complexity index is 528. The molecule has 2 atom stereocenters. The topological polar surface area (TPSA) is 130 Å². The molecule has 0 spiro atoms. The molecule has 0 bridgehead atoms. The molecule has 0 radical (unpaired) electrons. The summed E-state index contributed by atoms with van der Waals surface area (Å²) in [7, 11) is -3.03. The number of amides is 1. The third-order valence-corrected chi connectivity index (χ3v) is 4.60. The second kappa shape index (κ2) is 5.61. The van der Waals surface area contributed by atoms with Crippen molar-refractivity contribution in [2.45, 2.75) is 25.4 Å². The second-order valence-corrected chi connectivity index (χ2v) is 6.76. The highest BCUT2D eigenvalue weighted by Gasteiger charge is 2.26. The van der Waals surface area contributed by atoms with Gasteiger partial charge in [0.05, 0.1) is 17.5 Å². The maximum absolute atomic E-state index is 11.8. The molecule has 10 heteroatoms. The molecule has 1 aromatic rings. The molecule has 1 aromatic heterocycles. The molecule has 19 heavy (non-hydrogen) atoms. The Balaban J connectivity index is 1.84. The summed E-state index contributed by atoms with van der Waals surface area (Å²) in [6.07, 6.45) is 0.113. The van der Waals surface area contributed by atoms with Gasteiger partial charge in [-0.2, -0.15) is 5.21 Å². The molecule has 1 saturated heterocycles. The summed E-state index contributed by atoms with van der Waals surface area (Å²) < 4.78 is 22.9. The van der Waals surface area contributed by atoms with Crippen LogP contribution in [-0.4, -0.2) is 59.0 Å². The maximum Gasteiger partial charge on any atom is 0.222 e. The number of aromatic nitrogens is 4. The highest BCUT2D eigenvalue weighted by atomic mass is 32.2. The van der Waals surface area contributed by atoms with E-state index in [9.17, 15) is 13.2 Å². The Morgan fingerprint density at radius 3 is 3.00 bits per heavy atom. The number of nitrogens with zero attached hydrogens (tertiary/aromatic N) is 3. The van der Waals surface area contributed by atoms with E-state index >= 15 is 0 Å². The molecule has 1 fully saturated rings. The molecule has 2 rings (SSSR count). The fourth-order valence-electron chi connectivity index (χ4n) is 1.94. The van der Waals surface area contributed by atoms with E-state index in [4.69, 9.17) is 0 Å². The van der Waals surface area contributed by atoms with Gasteiger partial charge < -0.3 is 10.6 Å². The first-order valence-electron chi connectivity index (χ1n) is 5.93. The monoisotopic (exact) mass is 288 g/mol. The molecular weight excluding hydrogens is 272 g/mol. The van der Waals surface area contributed by atoms with Gasteiger partial charge in [-0.1, -0.05) is 5.21 Å². The fraction of sp³-hybridized carbons (Fsp3) is 0.778. The van der Waals surface area contributed by atoms with Gasteiger partial charge >= 0.3 is 0 Å². The average Bonchev–Trinajstić information content (AvgIpc) is 2.80. The third kappa shape index (κ3) is 3.96. The van der Waals surface area contributed by atoms with Gasteiger partial charge in [-0.15, -0.1) is 10.2 Å². The molecule has 2 heterocycles. The number of carbonyl (C=O) groups is 1. The second-order valence-electron chi connectivity index (χ2n) is 4.53. The molecule has 106 valence electrons. The number of hydrogen-bond acceptors (Lipinski definition) is 7. The van der Waals surface area contributed by atoms with Crippen molar-refractivity contribution in [1.82, 2.24) is 31.3 Å². The summed E-state index contributed by atoms with van der Waals surface area (Å²) in [4.78, 5) is 11.8. The molecule has 1 aliphatic heterocycles. The Kier molecular flexibility index (Phi) is 4.10. The number of H-pyrrole nitrogens is 1. The van der Waals surface area contributed by atoms with Gasteiger partial charge in [0.15, 0.2) is 15.7 Å². The zero-order chi connectivity index (χ0) is 13.9. The van der Waals surface area contributed by atoms with Crippen LogP contribution in [0.5, 0.6) is 0 Å². The molecule has 3 N–H and O–H groups in total. The Morgan fingerprint density at radius 2 is 2.37 bits per heavy atom. The van der Waals surface area contributed by atoms with Crippen LogP contribution in [0.4, 0.5) is 0 Å². The van der Waals surface area contributed by atoms with Crippen molar-refractivity contribution in [3.63, 3.8) is 0 Å². The predicted octanol–water partition coefficient (Wildman–Crippen LogP) is -1.85. The minimum atomic E-state index is -3.03. The van der Waals surface area contributed by atoms with E-state index in [2.05, 4.69) is 31.3 Å². The quantitative estimate of drug-likeness (QED) is 0.593. The van der Waals surface area contributed by atoms with E-state index in [1.165, 1.54) is 0 Å². The normalized spacial score (nSPS) is 23.7. The summed E-state index contributed by atoms with van der Waals surface area (Å²) in [5, 5.41) is 19.0. The van der Waals surface area contributed by atoms with Gasteiger partial charge in [-0.05, 0) is 6.92 Å². The summed E-state index contributed by atoms with van der Waals surface area (Å²) in [6, 6.07) is -0.706. The van der Waals surface area contributed by atoms with E-state index in [0.29, 0.717) is 12.4 Å². The van der Waals surface area contributed by atoms with Crippen LogP contribution in [0.25, 0.3) is 0 Å². The number of carbonyl (C=O) groups excluding carboxylic acids is 1. The third-order valence-electron chi connectivity index (χ3n) is 2.86. The van der Waals surface area contributed by atoms with Crippen molar-refractivity contribution in [3.8, 4) is 0 Å². The van der Waals surface area contributed by atoms with E-state index in [1.807, 2.05) is 0 Å². The average molecular weight is 288 g/mol. The lowest BCUT2D eigenvalue weighted by atomic mass is 10.2. The molecule has 2 unspecified atom stereocenters. The van der Waals surface area contributed by atoms with Crippen LogP contribution < -0.4 is 10.6 Å². The summed E-state index contributed by atoms with van der Waals surface area (Å²) in [5.74, 6) is 0.269. The van der Waals surface area contributed by atoms with Crippen LogP contribution in [0.1, 0.15) is 25.2 Å². The molecule has 9 nitrogen and oxygen atoms in total. The number of hydrogen-bond donors (Lipinski definition) is 3. The van der Waals surface area contributed by atoms with Gasteiger partial charge in [0.1, 0.15) is 0 Å². The number of rotatable bonds is 4. The predicted molar refractivity (Wildman–Crippen MR) is 65.8 cm³/mol. The Morgan fingerprint density at radius 1 is 1.58 bits per heavy atom. The van der Waals surface area contributed by atoms with Gasteiger partial charge in [-0.25, -0.2) is 8.42 Å². The van der Waals surface area contributed by atoms with Crippen molar-refractivity contribution in [2.24, 2.45) is 0 Å². The van der Waals surface area contributed by atoms with Crippen LogP contribution in [0, 0.1) is 0 Å². The SMILES string of the molecule is CC(NC(=O)CC1CS(=O)(=O)CCN1)c1nn[nH]n1. The van der Waals surface area contributed by atoms with Crippen molar-refractivity contribution in [2.75, 3.05) is 18.1 Å². The van der Waals surface area contributed by atoms with Gasteiger partial charge in [0.2, 0.25) is 5.91 Å². The number of nitrogens with one attached hydrogen (secondary N) is 3. The number of sulfone groups is 1. The van der Waals surface area contributed by atoms with E-state index in [0.717, 1.165) is 0 Å². The minimum absolute atomic E-state index is 0.00297. The standard InChI is InChI=1S/C9H16N6O3S/c1-6(9-12-14-15-13-9)11-8(16)4-7-5-19(17,18)3-2-10-7/h6-7,10H,2-5H2,1H3,(H,11,16)(H,12,13,14,15). The van der Waals surface area contributed by atoms with Crippen molar-refractivity contribution >= 4 is 15.7 Å². The smallest absolute Gasteiger partial charge is 0.222 e. The van der Waals surface area contributed by atoms with Crippen molar-refractivity contribution < 1.29 is 13.2 Å². The molecule has 0 saturated carbocycles. The highest BCUT2D eigenvalue weighted by molar-refractivity contribution is 7.91. The minimum Gasteiger partial charge on any atom is -0.346 e. The zero-order valence-electron chi connectivity index (χ0n) is 10.5. The zero-order valence-corrected chi connectivity index (χ0v) is 11.3. The highest BCUT2D eigenvalue weighted by Crippen LogP contribution is 2.07. The number of tetrazole rings is 1. The van der Waals surface area contributed by atoms with Gasteiger partial charge in [-0.3, -0.25) is 4.79 Å². The lowest BCUT2D eigenvalue weighted by Gasteiger charge is -2.23. The molecule has 0 aromatic carbocycles. The molecule has 1 amide bonds.